The maximum atomic E-state index is 13.0. The van der Waals surface area contributed by atoms with Crippen LogP contribution in [0.2, 0.25) is 0 Å². The highest BCUT2D eigenvalue weighted by Crippen LogP contribution is 2.36. The molecule has 0 unspecified atom stereocenters. The third-order valence-electron chi connectivity index (χ3n) is 3.66. The van der Waals surface area contributed by atoms with Crippen molar-refractivity contribution in [3.05, 3.63) is 76.5 Å². The minimum Gasteiger partial charge on any atom is -0.305 e. The van der Waals surface area contributed by atoms with Crippen molar-refractivity contribution in [2.75, 3.05) is 0 Å². The van der Waals surface area contributed by atoms with Crippen LogP contribution in [0.25, 0.3) is 6.08 Å². The molecule has 2 aromatic rings. The van der Waals surface area contributed by atoms with Gasteiger partial charge in [0.2, 0.25) is 0 Å². The minimum atomic E-state index is -4.98. The summed E-state index contributed by atoms with van der Waals surface area (Å²) in [5.41, 5.74) is -2.97. The molecular weight excluding hydrogens is 374 g/mol. The van der Waals surface area contributed by atoms with Crippen molar-refractivity contribution in [2.24, 2.45) is 4.99 Å². The third-order valence-corrected chi connectivity index (χ3v) is 3.66. The molecule has 0 aliphatic carbocycles. The maximum Gasteiger partial charge on any atom is 0.416 e. The predicted molar refractivity (Wildman–Crippen MR) is 85.5 cm³/mol. The van der Waals surface area contributed by atoms with Crippen molar-refractivity contribution in [3.63, 3.8) is 0 Å². The van der Waals surface area contributed by atoms with Crippen molar-refractivity contribution in [2.45, 2.75) is 12.4 Å². The van der Waals surface area contributed by atoms with Crippen molar-refractivity contribution in [1.82, 2.24) is 5.32 Å². The van der Waals surface area contributed by atoms with Gasteiger partial charge in [-0.3, -0.25) is 4.79 Å². The van der Waals surface area contributed by atoms with Crippen LogP contribution in [0.3, 0.4) is 0 Å². The van der Waals surface area contributed by atoms with E-state index >= 15 is 0 Å². The number of hydrogen-bond acceptors (Lipinski definition) is 2. The lowest BCUT2D eigenvalue weighted by atomic mass is 10.0. The van der Waals surface area contributed by atoms with Crippen LogP contribution in [-0.2, 0) is 17.1 Å². The zero-order chi connectivity index (χ0) is 19.8. The summed E-state index contributed by atoms with van der Waals surface area (Å²) < 4.78 is 77.7. The first-order valence-corrected chi connectivity index (χ1v) is 7.51. The number of nitrogens with one attached hydrogen (secondary N) is 1. The summed E-state index contributed by atoms with van der Waals surface area (Å²) in [4.78, 5) is 15.9. The van der Waals surface area contributed by atoms with Gasteiger partial charge < -0.3 is 5.32 Å². The lowest BCUT2D eigenvalue weighted by molar-refractivity contribution is -0.143. The van der Waals surface area contributed by atoms with E-state index in [1.54, 1.807) is 30.3 Å². The molecule has 1 heterocycles. The molecule has 1 amide bonds. The van der Waals surface area contributed by atoms with Gasteiger partial charge in [0.1, 0.15) is 11.5 Å². The molecule has 0 radical (unpaired) electrons. The van der Waals surface area contributed by atoms with E-state index in [4.69, 9.17) is 0 Å². The van der Waals surface area contributed by atoms with E-state index in [1.807, 2.05) is 0 Å². The number of halogens is 6. The van der Waals surface area contributed by atoms with Crippen molar-refractivity contribution in [3.8, 4) is 0 Å². The molecule has 3 nitrogen and oxygen atoms in total. The van der Waals surface area contributed by atoms with E-state index in [0.717, 1.165) is 0 Å². The number of rotatable bonds is 2. The molecule has 1 aliphatic rings. The zero-order valence-electron chi connectivity index (χ0n) is 13.3. The summed E-state index contributed by atoms with van der Waals surface area (Å²) in [6.07, 6.45) is -8.59. The molecule has 0 atom stereocenters. The fourth-order valence-corrected chi connectivity index (χ4v) is 2.40. The molecule has 0 fully saturated rings. The van der Waals surface area contributed by atoms with Crippen LogP contribution in [0.4, 0.5) is 26.3 Å². The van der Waals surface area contributed by atoms with Crippen LogP contribution in [0.5, 0.6) is 0 Å². The number of alkyl halides is 6. The first-order valence-electron chi connectivity index (χ1n) is 7.51. The Bertz CT molecular complexity index is 910. The van der Waals surface area contributed by atoms with E-state index in [-0.39, 0.29) is 17.6 Å². The van der Waals surface area contributed by atoms with Crippen LogP contribution < -0.4 is 5.32 Å². The fraction of sp³-hybridized carbons (Fsp3) is 0.111. The first kappa shape index (κ1) is 18.7. The van der Waals surface area contributed by atoms with Gasteiger partial charge in [0, 0.05) is 5.56 Å². The molecule has 0 spiro atoms. The van der Waals surface area contributed by atoms with Gasteiger partial charge in [-0.25, -0.2) is 4.99 Å². The highest BCUT2D eigenvalue weighted by Gasteiger charge is 2.37. The Morgan fingerprint density at radius 3 is 1.93 bits per heavy atom. The quantitative estimate of drug-likeness (QED) is 0.595. The molecule has 9 heteroatoms. The fourth-order valence-electron chi connectivity index (χ4n) is 2.40. The monoisotopic (exact) mass is 384 g/mol. The Morgan fingerprint density at radius 2 is 1.41 bits per heavy atom. The summed E-state index contributed by atoms with van der Waals surface area (Å²) in [5.74, 6) is -1.10. The largest absolute Gasteiger partial charge is 0.416 e. The second kappa shape index (κ2) is 6.57. The first-order chi connectivity index (χ1) is 12.5. The average Bonchev–Trinajstić information content (AvgIpc) is 2.95. The second-order valence-electron chi connectivity index (χ2n) is 5.65. The lowest BCUT2D eigenvalue weighted by Gasteiger charge is -2.14. The number of carbonyl (C=O) groups excluding carboxylic acids is 1. The van der Waals surface area contributed by atoms with Crippen molar-refractivity contribution in [1.29, 1.82) is 0 Å². The Morgan fingerprint density at radius 1 is 0.852 bits per heavy atom. The van der Waals surface area contributed by atoms with Crippen LogP contribution in [-0.4, -0.2) is 11.7 Å². The average molecular weight is 384 g/mol. The molecule has 0 bridgehead atoms. The Hall–Kier alpha value is -3.10. The molecular formula is C18H10F6N2O. The van der Waals surface area contributed by atoms with Gasteiger partial charge in [-0.05, 0) is 29.8 Å². The minimum absolute atomic E-state index is 0.0154. The Kier molecular flexibility index (Phi) is 4.54. The normalized spacial score (nSPS) is 16.4. The van der Waals surface area contributed by atoms with Crippen molar-refractivity contribution >= 4 is 17.8 Å². The maximum absolute atomic E-state index is 13.0. The molecule has 1 N–H and O–H groups in total. The molecule has 0 saturated carbocycles. The van der Waals surface area contributed by atoms with E-state index in [0.29, 0.717) is 17.7 Å². The third kappa shape index (κ3) is 4.18. The topological polar surface area (TPSA) is 41.5 Å². The van der Waals surface area contributed by atoms with Gasteiger partial charge in [-0.15, -0.1) is 0 Å². The molecule has 3 rings (SSSR count). The summed E-state index contributed by atoms with van der Waals surface area (Å²) in [5, 5.41) is 2.21. The number of nitrogens with zero attached hydrogens (tertiary/aromatic N) is 1. The number of amides is 1. The van der Waals surface area contributed by atoms with Crippen LogP contribution in [0.1, 0.15) is 22.3 Å². The Labute approximate surface area is 149 Å². The van der Waals surface area contributed by atoms with E-state index in [2.05, 4.69) is 10.3 Å². The summed E-state index contributed by atoms with van der Waals surface area (Å²) >= 11 is 0. The van der Waals surface area contributed by atoms with Gasteiger partial charge in [0.25, 0.3) is 5.91 Å². The van der Waals surface area contributed by atoms with E-state index in [1.165, 1.54) is 6.08 Å². The zero-order valence-corrected chi connectivity index (χ0v) is 13.3. The van der Waals surface area contributed by atoms with Gasteiger partial charge in [0.15, 0.2) is 0 Å². The molecule has 1 aliphatic heterocycles. The van der Waals surface area contributed by atoms with Gasteiger partial charge in [-0.1, -0.05) is 30.3 Å². The predicted octanol–water partition coefficient (Wildman–Crippen LogP) is 4.64. The van der Waals surface area contributed by atoms with Crippen molar-refractivity contribution < 1.29 is 31.1 Å². The summed E-state index contributed by atoms with van der Waals surface area (Å²) in [6, 6.07) is 9.52. The standard InChI is InChI=1S/C18H10F6N2O/c19-17(20,21)12-7-11(8-13(9-12)18(22,23)24)15-25-14(16(27)26-15)6-10-4-2-1-3-5-10/h1-9H,(H,25,26,27)/b14-6-. The molecule has 2 aromatic carbocycles. The number of aliphatic imine (C=N–C) groups is 1. The highest BCUT2D eigenvalue weighted by atomic mass is 19.4. The molecule has 0 aromatic heterocycles. The van der Waals surface area contributed by atoms with E-state index in [9.17, 15) is 31.1 Å². The highest BCUT2D eigenvalue weighted by molar-refractivity contribution is 6.19. The number of hydrogen-bond donors (Lipinski definition) is 1. The van der Waals surface area contributed by atoms with Crippen LogP contribution in [0, 0.1) is 0 Å². The summed E-state index contributed by atoms with van der Waals surface area (Å²) in [7, 11) is 0. The Balaban J connectivity index is 2.07. The van der Waals surface area contributed by atoms with Crippen LogP contribution >= 0.6 is 0 Å². The smallest absolute Gasteiger partial charge is 0.305 e. The van der Waals surface area contributed by atoms with E-state index < -0.39 is 35.0 Å². The molecule has 0 saturated heterocycles. The number of carbonyl (C=O) groups is 1. The lowest BCUT2D eigenvalue weighted by Crippen LogP contribution is -2.25. The van der Waals surface area contributed by atoms with Crippen LogP contribution in [0.15, 0.2) is 59.2 Å². The summed E-state index contributed by atoms with van der Waals surface area (Å²) in [6.45, 7) is 0. The molecule has 140 valence electrons. The second-order valence-corrected chi connectivity index (χ2v) is 5.65. The SMILES string of the molecule is O=C1NC(c2cc(C(F)(F)F)cc(C(F)(F)F)c2)=N/C1=C\c1ccccc1. The number of benzene rings is 2. The van der Waals surface area contributed by atoms with Gasteiger partial charge >= 0.3 is 12.4 Å². The van der Waals surface area contributed by atoms with Gasteiger partial charge in [0.05, 0.1) is 11.1 Å². The molecule has 27 heavy (non-hydrogen) atoms. The van der Waals surface area contributed by atoms with Gasteiger partial charge in [-0.2, -0.15) is 26.3 Å². The number of amidine groups is 1.